The maximum absolute atomic E-state index is 12.8. The maximum atomic E-state index is 12.8. The zero-order chi connectivity index (χ0) is 16.0. The summed E-state index contributed by atoms with van der Waals surface area (Å²) in [6.45, 7) is 3.93. The Balaban J connectivity index is 1.83. The summed E-state index contributed by atoms with van der Waals surface area (Å²) >= 11 is 3.44. The summed E-state index contributed by atoms with van der Waals surface area (Å²) in [5.41, 5.74) is 2.41. The quantitative estimate of drug-likeness (QED) is 0.590. The van der Waals surface area contributed by atoms with Gasteiger partial charge in [0.25, 0.3) is 5.91 Å². The molecule has 4 aliphatic rings. The van der Waals surface area contributed by atoms with Gasteiger partial charge >= 0.3 is 6.09 Å². The van der Waals surface area contributed by atoms with Crippen molar-refractivity contribution in [1.29, 1.82) is 0 Å². The van der Waals surface area contributed by atoms with Crippen LogP contribution in [0.5, 0.6) is 0 Å². The van der Waals surface area contributed by atoms with Crippen LogP contribution in [0.3, 0.4) is 0 Å². The Bertz CT molecular complexity index is 440. The van der Waals surface area contributed by atoms with E-state index in [9.17, 15) is 14.7 Å². The third kappa shape index (κ3) is 2.86. The number of hydrazine groups is 1. The van der Waals surface area contributed by atoms with E-state index >= 15 is 0 Å². The van der Waals surface area contributed by atoms with Crippen LogP contribution >= 0.6 is 15.9 Å². The predicted molar refractivity (Wildman–Crippen MR) is 86.4 cm³/mol. The van der Waals surface area contributed by atoms with Gasteiger partial charge < -0.3 is 5.11 Å². The number of nitrogens with zero attached hydrogens (tertiary/aromatic N) is 1. The summed E-state index contributed by atoms with van der Waals surface area (Å²) in [5.74, 6) is 2.49. The molecule has 22 heavy (non-hydrogen) atoms. The molecule has 6 heteroatoms. The van der Waals surface area contributed by atoms with Crippen molar-refractivity contribution in [3.8, 4) is 0 Å². The van der Waals surface area contributed by atoms with E-state index in [1.54, 1.807) is 0 Å². The van der Waals surface area contributed by atoms with Crippen LogP contribution in [0.1, 0.15) is 46.0 Å². The number of hydrogen-bond donors (Lipinski definition) is 2. The minimum absolute atomic E-state index is 0.0372. The molecular formula is C16H25BrN2O3. The molecule has 0 radical (unpaired) electrons. The van der Waals surface area contributed by atoms with Crippen molar-refractivity contribution in [2.75, 3.05) is 0 Å². The summed E-state index contributed by atoms with van der Waals surface area (Å²) in [6, 6.07) is 0.0372. The fourth-order valence-corrected chi connectivity index (χ4v) is 5.34. The first-order valence-electron chi connectivity index (χ1n) is 8.33. The molecule has 1 atom stereocenters. The Labute approximate surface area is 139 Å². The number of carboxylic acid groups (broad SMARTS) is 1. The normalized spacial score (nSPS) is 37.2. The first-order chi connectivity index (χ1) is 10.4. The fourth-order valence-electron chi connectivity index (χ4n) is 5.12. The number of alkyl halides is 1. The molecular weight excluding hydrogens is 348 g/mol. The van der Waals surface area contributed by atoms with Crippen molar-refractivity contribution in [2.24, 2.45) is 29.6 Å². The van der Waals surface area contributed by atoms with Crippen molar-refractivity contribution in [2.45, 2.75) is 56.8 Å². The zero-order valence-electron chi connectivity index (χ0n) is 13.2. The Morgan fingerprint density at radius 3 is 2.00 bits per heavy atom. The van der Waals surface area contributed by atoms with Gasteiger partial charge in [-0.05, 0) is 61.7 Å². The monoisotopic (exact) mass is 372 g/mol. The Hall–Kier alpha value is -0.780. The number of rotatable bonds is 3. The molecule has 4 rings (SSSR count). The van der Waals surface area contributed by atoms with Gasteiger partial charge in [-0.1, -0.05) is 29.8 Å². The summed E-state index contributed by atoms with van der Waals surface area (Å²) in [5, 5.41) is 10.6. The minimum atomic E-state index is -1.15. The second-order valence-electron chi connectivity index (χ2n) is 7.69. The van der Waals surface area contributed by atoms with Gasteiger partial charge in [0.05, 0.1) is 10.9 Å². The van der Waals surface area contributed by atoms with Crippen LogP contribution in [-0.4, -0.2) is 33.0 Å². The maximum Gasteiger partial charge on any atom is 0.423 e. The molecule has 0 spiro atoms. The van der Waals surface area contributed by atoms with Crippen LogP contribution in [0.2, 0.25) is 0 Å². The van der Waals surface area contributed by atoms with Crippen molar-refractivity contribution >= 4 is 27.9 Å². The van der Waals surface area contributed by atoms with E-state index in [1.807, 2.05) is 13.8 Å². The van der Waals surface area contributed by atoms with Crippen molar-refractivity contribution < 1.29 is 14.7 Å². The molecule has 0 heterocycles. The highest BCUT2D eigenvalue weighted by atomic mass is 79.9. The van der Waals surface area contributed by atoms with Crippen LogP contribution in [0.15, 0.2) is 0 Å². The number of hydrogen-bond acceptors (Lipinski definition) is 2. The third-order valence-corrected chi connectivity index (χ3v) is 7.20. The van der Waals surface area contributed by atoms with Crippen LogP contribution < -0.4 is 5.43 Å². The van der Waals surface area contributed by atoms with Gasteiger partial charge in [0, 0.05) is 0 Å². The van der Waals surface area contributed by atoms with Gasteiger partial charge in [-0.25, -0.2) is 15.2 Å². The summed E-state index contributed by atoms with van der Waals surface area (Å²) in [6.07, 6.45) is 4.79. The smallest absolute Gasteiger partial charge is 0.423 e. The van der Waals surface area contributed by atoms with Crippen molar-refractivity contribution in [3.05, 3.63) is 0 Å². The molecule has 5 nitrogen and oxygen atoms in total. The molecule has 1 unspecified atom stereocenters. The third-order valence-electron chi connectivity index (χ3n) is 5.75. The van der Waals surface area contributed by atoms with E-state index in [-0.39, 0.29) is 22.7 Å². The van der Waals surface area contributed by atoms with Gasteiger partial charge in [0.1, 0.15) is 0 Å². The number of amides is 2. The lowest BCUT2D eigenvalue weighted by Gasteiger charge is -2.56. The molecule has 2 amide bonds. The van der Waals surface area contributed by atoms with E-state index < -0.39 is 6.09 Å². The number of halogens is 1. The highest BCUT2D eigenvalue weighted by Gasteiger charge is 2.52. The predicted octanol–water partition coefficient (Wildman–Crippen LogP) is 3.24. The molecule has 0 aromatic rings. The lowest BCUT2D eigenvalue weighted by Crippen LogP contribution is -2.63. The van der Waals surface area contributed by atoms with Gasteiger partial charge in [-0.2, -0.15) is 0 Å². The molecule has 4 aliphatic carbocycles. The van der Waals surface area contributed by atoms with Crippen LogP contribution in [0, 0.1) is 29.6 Å². The lowest BCUT2D eigenvalue weighted by atomic mass is 9.54. The largest absolute Gasteiger partial charge is 0.464 e. The van der Waals surface area contributed by atoms with Crippen molar-refractivity contribution in [1.82, 2.24) is 10.4 Å². The van der Waals surface area contributed by atoms with Gasteiger partial charge in [-0.15, -0.1) is 0 Å². The van der Waals surface area contributed by atoms with E-state index in [0.29, 0.717) is 11.8 Å². The molecule has 0 aromatic heterocycles. The number of carbonyl (C=O) groups excluding carboxylic acids is 1. The molecule has 124 valence electrons. The van der Waals surface area contributed by atoms with E-state index in [1.165, 1.54) is 11.4 Å². The molecule has 4 saturated carbocycles. The average molecular weight is 373 g/mol. The molecule has 0 aliphatic heterocycles. The molecule has 0 saturated heterocycles. The standard InChI is InChI=1S/C16H25BrN2O3/c1-8(2)13(17)15(20)19(18-16(21)22)14-11-4-9-3-10(6-11)7-12(14)5-9/h8-14,18H,3-7H2,1-2H3,(H,21,22). The van der Waals surface area contributed by atoms with Crippen molar-refractivity contribution in [3.63, 3.8) is 0 Å². The molecule has 2 N–H and O–H groups in total. The second-order valence-corrected chi connectivity index (χ2v) is 8.68. The first-order valence-corrected chi connectivity index (χ1v) is 9.25. The minimum Gasteiger partial charge on any atom is -0.464 e. The highest BCUT2D eigenvalue weighted by Crippen LogP contribution is 2.55. The fraction of sp³-hybridized carbons (Fsp3) is 0.875. The van der Waals surface area contributed by atoms with E-state index in [2.05, 4.69) is 21.4 Å². The van der Waals surface area contributed by atoms with Crippen LogP contribution in [0.25, 0.3) is 0 Å². The topological polar surface area (TPSA) is 69.6 Å². The van der Waals surface area contributed by atoms with Gasteiger partial charge in [0.2, 0.25) is 0 Å². The molecule has 0 aromatic carbocycles. The van der Waals surface area contributed by atoms with E-state index in [0.717, 1.165) is 37.5 Å². The molecule has 4 bridgehead atoms. The second kappa shape index (κ2) is 6.02. The van der Waals surface area contributed by atoms with E-state index in [4.69, 9.17) is 0 Å². The number of nitrogens with one attached hydrogen (secondary N) is 1. The summed E-state index contributed by atoms with van der Waals surface area (Å²) in [4.78, 5) is 23.7. The van der Waals surface area contributed by atoms with Gasteiger partial charge in [0.15, 0.2) is 0 Å². The highest BCUT2D eigenvalue weighted by molar-refractivity contribution is 9.10. The SMILES string of the molecule is CC(C)C(Br)C(=O)N(NC(=O)O)C1C2CC3CC(C2)CC1C3. The zero-order valence-corrected chi connectivity index (χ0v) is 14.8. The Kier molecular flexibility index (Phi) is 4.40. The molecule has 4 fully saturated rings. The first kappa shape index (κ1) is 16.1. The Morgan fingerprint density at radius 1 is 1.09 bits per heavy atom. The lowest BCUT2D eigenvalue weighted by molar-refractivity contribution is -0.148. The van der Waals surface area contributed by atoms with Gasteiger partial charge in [-0.3, -0.25) is 4.79 Å². The average Bonchev–Trinajstić information content (AvgIpc) is 2.42. The summed E-state index contributed by atoms with van der Waals surface area (Å²) < 4.78 is 0. The summed E-state index contributed by atoms with van der Waals surface area (Å²) in [7, 11) is 0. The van der Waals surface area contributed by atoms with Crippen LogP contribution in [0.4, 0.5) is 4.79 Å². The Morgan fingerprint density at radius 2 is 1.59 bits per heavy atom. The van der Waals surface area contributed by atoms with Crippen LogP contribution in [-0.2, 0) is 4.79 Å². The number of carbonyl (C=O) groups is 2.